The first-order valence-corrected chi connectivity index (χ1v) is 10.3. The summed E-state index contributed by atoms with van der Waals surface area (Å²) < 4.78 is 42.8. The Morgan fingerprint density at radius 2 is 1.76 bits per heavy atom. The maximum absolute atomic E-state index is 14.3. The number of aryl methyl sites for hydroxylation is 1. The molecule has 0 saturated carbocycles. The van der Waals surface area contributed by atoms with Crippen LogP contribution in [0.25, 0.3) is 10.8 Å². The second kappa shape index (κ2) is 8.34. The molecule has 1 aliphatic rings. The molecule has 1 atom stereocenters. The van der Waals surface area contributed by atoms with Gasteiger partial charge in [0, 0.05) is 12.0 Å². The lowest BCUT2D eigenvalue weighted by Crippen LogP contribution is -2.51. The molecule has 1 fully saturated rings. The Morgan fingerprint density at radius 1 is 1.07 bits per heavy atom. The van der Waals surface area contributed by atoms with Crippen LogP contribution < -0.4 is 5.43 Å². The van der Waals surface area contributed by atoms with Crippen LogP contribution >= 0.6 is 0 Å². The van der Waals surface area contributed by atoms with Gasteiger partial charge in [-0.15, -0.1) is 0 Å². The van der Waals surface area contributed by atoms with Gasteiger partial charge in [-0.2, -0.15) is 18.2 Å². The molecule has 29 heavy (non-hydrogen) atoms. The fourth-order valence-electron chi connectivity index (χ4n) is 4.26. The SMILES string of the molecule is CCCCCCc1ccc(C(N2NC(=O)CC2(C)C)C(F)(F)F)c2ccccc12. The molecule has 0 aromatic heterocycles. The average molecular weight is 406 g/mol. The summed E-state index contributed by atoms with van der Waals surface area (Å²) in [6.45, 7) is 5.47. The zero-order valence-corrected chi connectivity index (χ0v) is 17.3. The largest absolute Gasteiger partial charge is 0.409 e. The molecule has 6 heteroatoms. The summed E-state index contributed by atoms with van der Waals surface area (Å²) in [7, 11) is 0. The number of rotatable bonds is 7. The highest BCUT2D eigenvalue weighted by molar-refractivity contribution is 5.89. The third-order valence-corrected chi connectivity index (χ3v) is 5.70. The molecule has 158 valence electrons. The number of benzene rings is 2. The minimum absolute atomic E-state index is 0.0347. The molecule has 0 aliphatic carbocycles. The molecule has 2 aromatic carbocycles. The van der Waals surface area contributed by atoms with Crippen molar-refractivity contribution in [3.63, 3.8) is 0 Å². The Kier molecular flexibility index (Phi) is 6.22. The predicted octanol–water partition coefficient (Wildman–Crippen LogP) is 6.08. The lowest BCUT2D eigenvalue weighted by atomic mass is 9.90. The summed E-state index contributed by atoms with van der Waals surface area (Å²) in [4.78, 5) is 11.9. The summed E-state index contributed by atoms with van der Waals surface area (Å²) >= 11 is 0. The van der Waals surface area contributed by atoms with Crippen LogP contribution in [0.4, 0.5) is 13.2 Å². The zero-order chi connectivity index (χ0) is 21.2. The van der Waals surface area contributed by atoms with Crippen LogP contribution in [0.2, 0.25) is 0 Å². The molecule has 1 heterocycles. The number of nitrogens with zero attached hydrogens (tertiary/aromatic N) is 1. The Labute approximate surface area is 170 Å². The van der Waals surface area contributed by atoms with E-state index in [1.807, 2.05) is 18.2 Å². The van der Waals surface area contributed by atoms with Crippen molar-refractivity contribution in [3.05, 3.63) is 47.5 Å². The van der Waals surface area contributed by atoms with Gasteiger partial charge in [0.25, 0.3) is 0 Å². The monoisotopic (exact) mass is 406 g/mol. The smallest absolute Gasteiger partial charge is 0.287 e. The van der Waals surface area contributed by atoms with E-state index in [4.69, 9.17) is 0 Å². The number of hydrogen-bond acceptors (Lipinski definition) is 2. The molecule has 0 radical (unpaired) electrons. The van der Waals surface area contributed by atoms with Gasteiger partial charge < -0.3 is 0 Å². The molecule has 1 unspecified atom stereocenters. The van der Waals surface area contributed by atoms with E-state index < -0.39 is 17.8 Å². The van der Waals surface area contributed by atoms with E-state index in [9.17, 15) is 18.0 Å². The third-order valence-electron chi connectivity index (χ3n) is 5.70. The lowest BCUT2D eigenvalue weighted by Gasteiger charge is -2.38. The first kappa shape index (κ1) is 21.6. The summed E-state index contributed by atoms with van der Waals surface area (Å²) in [5, 5.41) is 2.54. The quantitative estimate of drug-likeness (QED) is 0.565. The van der Waals surface area contributed by atoms with E-state index in [-0.39, 0.29) is 17.9 Å². The molecule has 1 aliphatic heterocycles. The van der Waals surface area contributed by atoms with Crippen molar-refractivity contribution in [2.75, 3.05) is 0 Å². The Balaban J connectivity index is 2.06. The topological polar surface area (TPSA) is 32.3 Å². The molecule has 1 N–H and O–H groups in total. The van der Waals surface area contributed by atoms with Crippen molar-refractivity contribution in [3.8, 4) is 0 Å². The van der Waals surface area contributed by atoms with Crippen molar-refractivity contribution in [1.29, 1.82) is 0 Å². The standard InChI is InChI=1S/C23H29F3N2O/c1-4-5-6-7-10-16-13-14-19(18-12-9-8-11-17(16)18)21(23(24,25)26)28-22(2,3)15-20(29)27-28/h8-9,11-14,21H,4-7,10,15H2,1-3H3,(H,27,29). The molecule has 1 amide bonds. The van der Waals surface area contributed by atoms with E-state index in [2.05, 4.69) is 12.3 Å². The number of alkyl halides is 3. The zero-order valence-electron chi connectivity index (χ0n) is 17.3. The van der Waals surface area contributed by atoms with Crippen LogP contribution in [0.1, 0.15) is 70.0 Å². The summed E-state index contributed by atoms with van der Waals surface area (Å²) in [6.07, 6.45) is 0.803. The van der Waals surface area contributed by atoms with E-state index in [1.54, 1.807) is 32.0 Å². The maximum atomic E-state index is 14.3. The van der Waals surface area contributed by atoms with Crippen LogP contribution in [0, 0.1) is 0 Å². The van der Waals surface area contributed by atoms with Gasteiger partial charge in [-0.05, 0) is 48.6 Å². The number of nitrogens with one attached hydrogen (secondary N) is 1. The van der Waals surface area contributed by atoms with E-state index in [0.29, 0.717) is 5.39 Å². The van der Waals surface area contributed by atoms with Gasteiger partial charge in [0.2, 0.25) is 5.91 Å². The van der Waals surface area contributed by atoms with Crippen LogP contribution in [0.3, 0.4) is 0 Å². The van der Waals surface area contributed by atoms with Crippen LogP contribution in [0.5, 0.6) is 0 Å². The summed E-state index contributed by atoms with van der Waals surface area (Å²) in [5.41, 5.74) is 2.77. The van der Waals surface area contributed by atoms with Gasteiger partial charge >= 0.3 is 6.18 Å². The number of carbonyl (C=O) groups is 1. The summed E-state index contributed by atoms with van der Waals surface area (Å²) in [6, 6.07) is 8.81. The number of halogens is 3. The van der Waals surface area contributed by atoms with Gasteiger partial charge in [-0.25, -0.2) is 0 Å². The maximum Gasteiger partial charge on any atom is 0.409 e. The Bertz CT molecular complexity index is 876. The van der Waals surface area contributed by atoms with E-state index >= 15 is 0 Å². The highest BCUT2D eigenvalue weighted by atomic mass is 19.4. The highest BCUT2D eigenvalue weighted by Crippen LogP contribution is 2.45. The summed E-state index contributed by atoms with van der Waals surface area (Å²) in [5.74, 6) is -0.388. The fourth-order valence-corrected chi connectivity index (χ4v) is 4.26. The van der Waals surface area contributed by atoms with E-state index in [0.717, 1.165) is 48.1 Å². The van der Waals surface area contributed by atoms with Crippen LogP contribution in [-0.2, 0) is 11.2 Å². The van der Waals surface area contributed by atoms with Gasteiger partial charge in [0.05, 0.1) is 0 Å². The molecule has 3 rings (SSSR count). The van der Waals surface area contributed by atoms with Crippen molar-refractivity contribution < 1.29 is 18.0 Å². The van der Waals surface area contributed by atoms with Gasteiger partial charge in [-0.3, -0.25) is 10.2 Å². The van der Waals surface area contributed by atoms with Crippen molar-refractivity contribution in [2.45, 2.75) is 77.1 Å². The molecular weight excluding hydrogens is 377 g/mol. The molecular formula is C23H29F3N2O. The lowest BCUT2D eigenvalue weighted by molar-refractivity contribution is -0.203. The molecule has 3 nitrogen and oxygen atoms in total. The molecule has 0 bridgehead atoms. The van der Waals surface area contributed by atoms with Crippen LogP contribution in [0.15, 0.2) is 36.4 Å². The first-order valence-electron chi connectivity index (χ1n) is 10.3. The van der Waals surface area contributed by atoms with E-state index in [1.165, 1.54) is 0 Å². The number of carbonyl (C=O) groups excluding carboxylic acids is 1. The van der Waals surface area contributed by atoms with Crippen molar-refractivity contribution >= 4 is 16.7 Å². The highest BCUT2D eigenvalue weighted by Gasteiger charge is 2.53. The number of fused-ring (bicyclic) bond motifs is 1. The van der Waals surface area contributed by atoms with Crippen molar-refractivity contribution in [2.24, 2.45) is 0 Å². The molecule has 1 saturated heterocycles. The first-order chi connectivity index (χ1) is 13.6. The average Bonchev–Trinajstić information content (AvgIpc) is 2.91. The van der Waals surface area contributed by atoms with Gasteiger partial charge in [-0.1, -0.05) is 62.6 Å². The predicted molar refractivity (Wildman–Crippen MR) is 109 cm³/mol. The molecule has 2 aromatic rings. The normalized spacial score (nSPS) is 18.2. The minimum Gasteiger partial charge on any atom is -0.287 e. The molecule has 0 spiro atoms. The Hall–Kier alpha value is -2.08. The number of unbranched alkanes of at least 4 members (excludes halogenated alkanes) is 3. The second-order valence-electron chi connectivity index (χ2n) is 8.51. The number of amides is 1. The Morgan fingerprint density at radius 3 is 2.34 bits per heavy atom. The van der Waals surface area contributed by atoms with Crippen LogP contribution in [-0.4, -0.2) is 22.6 Å². The second-order valence-corrected chi connectivity index (χ2v) is 8.51. The third kappa shape index (κ3) is 4.58. The van der Waals surface area contributed by atoms with Crippen molar-refractivity contribution in [1.82, 2.24) is 10.4 Å². The number of hydrazine groups is 1. The number of hydrogen-bond donors (Lipinski definition) is 1. The van der Waals surface area contributed by atoms with Gasteiger partial charge in [0.1, 0.15) is 0 Å². The minimum atomic E-state index is -4.53. The van der Waals surface area contributed by atoms with Gasteiger partial charge in [0.15, 0.2) is 6.04 Å². The fraction of sp³-hybridized carbons (Fsp3) is 0.522.